The highest BCUT2D eigenvalue weighted by atomic mass is 19.4. The summed E-state index contributed by atoms with van der Waals surface area (Å²) in [6.45, 7) is -0.0918. The molecule has 0 fully saturated rings. The Hall–Kier alpha value is -3.43. The third-order valence-corrected chi connectivity index (χ3v) is 3.63. The van der Waals surface area contributed by atoms with E-state index >= 15 is 0 Å². The fraction of sp³-hybridized carbons (Fsp3) is 0.176. The first kappa shape index (κ1) is 18.4. The van der Waals surface area contributed by atoms with Crippen LogP contribution in [0.4, 0.5) is 24.8 Å². The lowest BCUT2D eigenvalue weighted by atomic mass is 10.2. The number of carbonyl (C=O) groups is 1. The van der Waals surface area contributed by atoms with Gasteiger partial charge in [0.1, 0.15) is 6.54 Å². The van der Waals surface area contributed by atoms with Crippen molar-refractivity contribution in [3.63, 3.8) is 0 Å². The van der Waals surface area contributed by atoms with Gasteiger partial charge in [-0.1, -0.05) is 6.07 Å². The molecule has 0 bridgehead atoms. The molecule has 0 saturated heterocycles. The number of anilines is 2. The van der Waals surface area contributed by atoms with E-state index in [-0.39, 0.29) is 24.1 Å². The van der Waals surface area contributed by atoms with Gasteiger partial charge in [-0.25, -0.2) is 4.68 Å². The number of amides is 1. The lowest BCUT2D eigenvalue weighted by Crippen LogP contribution is -2.24. The van der Waals surface area contributed by atoms with Crippen molar-refractivity contribution in [1.82, 2.24) is 25.1 Å². The van der Waals surface area contributed by atoms with Crippen LogP contribution in [0.15, 0.2) is 48.8 Å². The number of hydrogen-bond donors (Lipinski definition) is 2. The number of halogens is 3. The van der Waals surface area contributed by atoms with E-state index in [1.165, 1.54) is 23.9 Å². The van der Waals surface area contributed by atoms with E-state index in [1.54, 1.807) is 24.5 Å². The van der Waals surface area contributed by atoms with E-state index in [1.807, 2.05) is 0 Å². The third kappa shape index (κ3) is 4.40. The van der Waals surface area contributed by atoms with Crippen LogP contribution in [0.25, 0.3) is 11.4 Å². The van der Waals surface area contributed by atoms with E-state index in [0.29, 0.717) is 11.4 Å². The molecule has 0 radical (unpaired) electrons. The van der Waals surface area contributed by atoms with Crippen molar-refractivity contribution in [2.75, 3.05) is 12.4 Å². The predicted octanol–water partition coefficient (Wildman–Crippen LogP) is 2.85. The molecule has 140 valence electrons. The average Bonchev–Trinajstić information content (AvgIpc) is 3.04. The molecule has 0 atom stereocenters. The molecule has 7 nitrogen and oxygen atoms in total. The number of nitrogens with one attached hydrogen (secondary N) is 2. The Labute approximate surface area is 152 Å². The van der Waals surface area contributed by atoms with E-state index in [4.69, 9.17) is 0 Å². The highest BCUT2D eigenvalue weighted by Gasteiger charge is 2.30. The van der Waals surface area contributed by atoms with Crippen LogP contribution >= 0.6 is 0 Å². The van der Waals surface area contributed by atoms with Gasteiger partial charge in [0.2, 0.25) is 11.9 Å². The zero-order valence-corrected chi connectivity index (χ0v) is 14.2. The minimum atomic E-state index is -4.45. The summed E-state index contributed by atoms with van der Waals surface area (Å²) in [6.07, 6.45) is -1.33. The standard InChI is InChI=1S/C17H15F3N6O/c1-21-14(27)10-26-15(11-5-7-22-8-6-11)24-16(25-26)23-13-4-2-3-12(9-13)17(18,19)20/h2-9H,10H2,1H3,(H,21,27)(H,23,25). The monoisotopic (exact) mass is 376 g/mol. The molecule has 0 aliphatic heterocycles. The van der Waals surface area contributed by atoms with E-state index in [9.17, 15) is 18.0 Å². The van der Waals surface area contributed by atoms with E-state index in [0.717, 1.165) is 12.1 Å². The topological polar surface area (TPSA) is 84.7 Å². The summed E-state index contributed by atoms with van der Waals surface area (Å²) in [5.74, 6) is 0.168. The number of aromatic nitrogens is 4. The van der Waals surface area contributed by atoms with Gasteiger partial charge in [0.05, 0.1) is 5.56 Å². The SMILES string of the molecule is CNC(=O)Cn1nc(Nc2cccc(C(F)(F)F)c2)nc1-c1ccncc1. The van der Waals surface area contributed by atoms with Gasteiger partial charge in [0.25, 0.3) is 0 Å². The van der Waals surface area contributed by atoms with Crippen molar-refractivity contribution in [2.45, 2.75) is 12.7 Å². The van der Waals surface area contributed by atoms with Crippen LogP contribution in [-0.4, -0.2) is 32.7 Å². The molecule has 27 heavy (non-hydrogen) atoms. The Kier molecular flexibility index (Phi) is 5.06. The summed E-state index contributed by atoms with van der Waals surface area (Å²) in [4.78, 5) is 20.0. The molecule has 10 heteroatoms. The Morgan fingerprint density at radius 1 is 1.19 bits per heavy atom. The van der Waals surface area contributed by atoms with Crippen molar-refractivity contribution in [3.05, 3.63) is 54.4 Å². The highest BCUT2D eigenvalue weighted by Crippen LogP contribution is 2.31. The summed E-state index contributed by atoms with van der Waals surface area (Å²) in [7, 11) is 1.49. The van der Waals surface area contributed by atoms with Crippen molar-refractivity contribution >= 4 is 17.5 Å². The normalized spacial score (nSPS) is 11.3. The van der Waals surface area contributed by atoms with Gasteiger partial charge in [-0.3, -0.25) is 9.78 Å². The van der Waals surface area contributed by atoms with Crippen LogP contribution in [-0.2, 0) is 17.5 Å². The molecule has 2 aromatic heterocycles. The Morgan fingerprint density at radius 3 is 2.59 bits per heavy atom. The second-order valence-corrected chi connectivity index (χ2v) is 5.53. The average molecular weight is 376 g/mol. The highest BCUT2D eigenvalue weighted by molar-refractivity contribution is 5.76. The molecule has 0 aliphatic rings. The number of rotatable bonds is 5. The van der Waals surface area contributed by atoms with Crippen molar-refractivity contribution in [3.8, 4) is 11.4 Å². The number of pyridine rings is 1. The fourth-order valence-electron chi connectivity index (χ4n) is 2.34. The maximum absolute atomic E-state index is 12.9. The molecular weight excluding hydrogens is 361 g/mol. The fourth-order valence-corrected chi connectivity index (χ4v) is 2.34. The Balaban J connectivity index is 1.94. The van der Waals surface area contributed by atoms with Gasteiger partial charge < -0.3 is 10.6 Å². The molecule has 2 N–H and O–H groups in total. The lowest BCUT2D eigenvalue weighted by molar-refractivity contribution is -0.137. The molecule has 1 aromatic carbocycles. The predicted molar refractivity (Wildman–Crippen MR) is 92.0 cm³/mol. The second-order valence-electron chi connectivity index (χ2n) is 5.53. The van der Waals surface area contributed by atoms with Crippen LogP contribution in [0.2, 0.25) is 0 Å². The molecule has 3 rings (SSSR count). The van der Waals surface area contributed by atoms with Crippen molar-refractivity contribution < 1.29 is 18.0 Å². The minimum Gasteiger partial charge on any atom is -0.358 e. The Morgan fingerprint density at radius 2 is 1.93 bits per heavy atom. The molecular formula is C17H15F3N6O. The second kappa shape index (κ2) is 7.44. The number of nitrogens with zero attached hydrogens (tertiary/aromatic N) is 4. The largest absolute Gasteiger partial charge is 0.416 e. The molecule has 3 aromatic rings. The van der Waals surface area contributed by atoms with E-state index in [2.05, 4.69) is 25.7 Å². The van der Waals surface area contributed by atoms with Gasteiger partial charge in [-0.2, -0.15) is 18.2 Å². The van der Waals surface area contributed by atoms with Crippen LogP contribution in [0.5, 0.6) is 0 Å². The van der Waals surface area contributed by atoms with Crippen molar-refractivity contribution in [2.24, 2.45) is 0 Å². The van der Waals surface area contributed by atoms with Gasteiger partial charge in [-0.05, 0) is 30.3 Å². The van der Waals surface area contributed by atoms with Crippen molar-refractivity contribution in [1.29, 1.82) is 0 Å². The maximum atomic E-state index is 12.9. The summed E-state index contributed by atoms with van der Waals surface area (Å²) in [6, 6.07) is 8.09. The molecule has 1 amide bonds. The number of alkyl halides is 3. The smallest absolute Gasteiger partial charge is 0.358 e. The summed E-state index contributed by atoms with van der Waals surface area (Å²) < 4.78 is 40.0. The number of likely N-dealkylation sites (N-methyl/N-ethyl adjacent to an activating group) is 1. The van der Waals surface area contributed by atoms with Crippen LogP contribution in [0.1, 0.15) is 5.56 Å². The first-order valence-corrected chi connectivity index (χ1v) is 7.87. The first-order valence-electron chi connectivity index (χ1n) is 7.87. The summed E-state index contributed by atoms with van der Waals surface area (Å²) >= 11 is 0. The van der Waals surface area contributed by atoms with Gasteiger partial charge in [-0.15, -0.1) is 5.10 Å². The zero-order chi connectivity index (χ0) is 19.4. The molecule has 0 saturated carbocycles. The summed E-state index contributed by atoms with van der Waals surface area (Å²) in [5.41, 5.74) is 0.0633. The minimum absolute atomic E-state index is 0.0741. The van der Waals surface area contributed by atoms with E-state index < -0.39 is 11.7 Å². The third-order valence-electron chi connectivity index (χ3n) is 3.63. The quantitative estimate of drug-likeness (QED) is 0.715. The van der Waals surface area contributed by atoms with Gasteiger partial charge in [0, 0.05) is 30.7 Å². The van der Waals surface area contributed by atoms with Crippen LogP contribution in [0, 0.1) is 0 Å². The Bertz CT molecular complexity index is 939. The molecule has 0 unspecified atom stereocenters. The lowest BCUT2D eigenvalue weighted by Gasteiger charge is -2.08. The molecule has 0 aliphatic carbocycles. The van der Waals surface area contributed by atoms with Crippen LogP contribution < -0.4 is 10.6 Å². The maximum Gasteiger partial charge on any atom is 0.416 e. The number of carbonyl (C=O) groups excluding carboxylic acids is 1. The van der Waals surface area contributed by atoms with Gasteiger partial charge >= 0.3 is 6.18 Å². The van der Waals surface area contributed by atoms with Gasteiger partial charge in [0.15, 0.2) is 5.82 Å². The van der Waals surface area contributed by atoms with Crippen LogP contribution in [0.3, 0.4) is 0 Å². The first-order chi connectivity index (χ1) is 12.9. The number of benzene rings is 1. The summed E-state index contributed by atoms with van der Waals surface area (Å²) in [5, 5.41) is 9.43. The molecule has 0 spiro atoms. The zero-order valence-electron chi connectivity index (χ0n) is 14.2. The number of hydrogen-bond acceptors (Lipinski definition) is 5. The molecule has 2 heterocycles.